The van der Waals surface area contributed by atoms with Crippen molar-refractivity contribution in [3.8, 4) is 0 Å². The van der Waals surface area contributed by atoms with E-state index in [0.29, 0.717) is 0 Å². The third kappa shape index (κ3) is 1.45. The summed E-state index contributed by atoms with van der Waals surface area (Å²) in [5, 5.41) is 0. The second kappa shape index (κ2) is 3.21. The quantitative estimate of drug-likeness (QED) is 0.517. The number of hydrogen-bond donors (Lipinski definition) is 0. The SMILES string of the molecule is [N-]=[N+]1c2ccc(cc2)Sc2ccc1cc2. The van der Waals surface area contributed by atoms with Gasteiger partial charge in [-0.2, -0.15) is 0 Å². The number of benzene rings is 2. The average molecular weight is 212 g/mol. The normalized spacial score (nSPS) is 13.2. The summed E-state index contributed by atoms with van der Waals surface area (Å²) in [5.74, 6) is 0. The first-order valence-electron chi connectivity index (χ1n) is 4.70. The van der Waals surface area contributed by atoms with Crippen molar-refractivity contribution in [2.75, 3.05) is 0 Å². The first-order valence-corrected chi connectivity index (χ1v) is 5.51. The Bertz CT molecular complexity index is 467. The molecule has 72 valence electrons. The topological polar surface area (TPSA) is 25.3 Å². The molecule has 0 fully saturated rings. The van der Waals surface area contributed by atoms with Gasteiger partial charge in [-0.3, -0.25) is 0 Å². The van der Waals surface area contributed by atoms with E-state index < -0.39 is 0 Å². The maximum Gasteiger partial charge on any atom is 0.200 e. The van der Waals surface area contributed by atoms with Gasteiger partial charge in [-0.05, 0) is 24.3 Å². The monoisotopic (exact) mass is 212 g/mol. The van der Waals surface area contributed by atoms with Gasteiger partial charge in [0, 0.05) is 34.1 Å². The van der Waals surface area contributed by atoms with Crippen LogP contribution in [-0.4, -0.2) is 0 Å². The van der Waals surface area contributed by atoms with Gasteiger partial charge in [0.05, 0.1) is 0 Å². The molecular formula is C12H8N2S. The molecule has 0 saturated heterocycles. The molecule has 0 radical (unpaired) electrons. The van der Waals surface area contributed by atoms with Gasteiger partial charge < -0.3 is 5.53 Å². The molecule has 4 aliphatic rings. The fraction of sp³-hybridized carbons (Fsp3) is 0. The van der Waals surface area contributed by atoms with E-state index in [1.165, 1.54) is 14.5 Å². The molecule has 15 heavy (non-hydrogen) atoms. The van der Waals surface area contributed by atoms with Gasteiger partial charge in [-0.25, -0.2) is 4.70 Å². The Morgan fingerprint density at radius 1 is 0.733 bits per heavy atom. The Labute approximate surface area is 92.1 Å². The lowest BCUT2D eigenvalue weighted by molar-refractivity contribution is 1.04. The van der Waals surface area contributed by atoms with Gasteiger partial charge in [0.25, 0.3) is 0 Å². The third-order valence-corrected chi connectivity index (χ3v) is 3.41. The van der Waals surface area contributed by atoms with Crippen LogP contribution >= 0.6 is 11.8 Å². The summed E-state index contributed by atoms with van der Waals surface area (Å²) in [4.78, 5) is 2.36. The van der Waals surface area contributed by atoms with E-state index in [4.69, 9.17) is 0 Å². The lowest BCUT2D eigenvalue weighted by Crippen LogP contribution is -1.97. The molecule has 0 aromatic heterocycles. The smallest absolute Gasteiger partial charge is 0.200 e. The van der Waals surface area contributed by atoms with Gasteiger partial charge >= 0.3 is 0 Å². The highest BCUT2D eigenvalue weighted by Gasteiger charge is 2.10. The summed E-state index contributed by atoms with van der Waals surface area (Å²) < 4.78 is 1.20. The van der Waals surface area contributed by atoms with Crippen LogP contribution in [-0.2, 0) is 0 Å². The molecule has 4 heterocycles. The molecule has 0 aliphatic carbocycles. The molecule has 4 aliphatic heterocycles. The van der Waals surface area contributed by atoms with Crippen molar-refractivity contribution >= 4 is 23.1 Å². The van der Waals surface area contributed by atoms with E-state index in [2.05, 4.69) is 0 Å². The van der Waals surface area contributed by atoms with E-state index in [1.807, 2.05) is 48.5 Å². The van der Waals surface area contributed by atoms with Crippen LogP contribution in [0.5, 0.6) is 0 Å². The summed E-state index contributed by atoms with van der Waals surface area (Å²) in [6.07, 6.45) is 0. The van der Waals surface area contributed by atoms with Gasteiger partial charge in [0.2, 0.25) is 0 Å². The Balaban J connectivity index is 2.28. The highest BCUT2D eigenvalue weighted by molar-refractivity contribution is 7.99. The van der Waals surface area contributed by atoms with Crippen molar-refractivity contribution < 1.29 is 0 Å². The lowest BCUT2D eigenvalue weighted by atomic mass is 10.2. The van der Waals surface area contributed by atoms with Crippen molar-refractivity contribution in [3.63, 3.8) is 0 Å². The van der Waals surface area contributed by atoms with Gasteiger partial charge in [0.1, 0.15) is 0 Å². The molecule has 4 bridgehead atoms. The summed E-state index contributed by atoms with van der Waals surface area (Å²) in [5.41, 5.74) is 11.5. The van der Waals surface area contributed by atoms with Crippen molar-refractivity contribution in [3.05, 3.63) is 54.1 Å². The van der Waals surface area contributed by atoms with Crippen LogP contribution in [0.2, 0.25) is 0 Å². The van der Waals surface area contributed by atoms with E-state index in [9.17, 15) is 5.53 Å². The van der Waals surface area contributed by atoms with Crippen LogP contribution in [0.25, 0.3) is 5.53 Å². The largest absolute Gasteiger partial charge is 0.493 e. The van der Waals surface area contributed by atoms with Gasteiger partial charge in [-0.1, -0.05) is 11.8 Å². The highest BCUT2D eigenvalue weighted by Crippen LogP contribution is 2.33. The van der Waals surface area contributed by atoms with Crippen molar-refractivity contribution in [2.45, 2.75) is 9.79 Å². The Kier molecular flexibility index (Phi) is 1.86. The zero-order chi connectivity index (χ0) is 10.3. The summed E-state index contributed by atoms with van der Waals surface area (Å²) >= 11 is 1.72. The molecule has 0 unspecified atom stereocenters. The van der Waals surface area contributed by atoms with Gasteiger partial charge in [-0.15, -0.1) is 0 Å². The zero-order valence-corrected chi connectivity index (χ0v) is 8.74. The fourth-order valence-corrected chi connectivity index (χ4v) is 2.41. The van der Waals surface area contributed by atoms with Crippen LogP contribution in [0, 0.1) is 0 Å². The van der Waals surface area contributed by atoms with E-state index in [0.717, 1.165) is 11.4 Å². The second-order valence-corrected chi connectivity index (χ2v) is 4.55. The molecule has 0 atom stereocenters. The predicted molar refractivity (Wildman–Crippen MR) is 61.8 cm³/mol. The Morgan fingerprint density at radius 2 is 1.13 bits per heavy atom. The number of hydrogen-bond acceptors (Lipinski definition) is 1. The van der Waals surface area contributed by atoms with Crippen LogP contribution < -0.4 is 4.70 Å². The molecule has 0 N–H and O–H groups in total. The fourth-order valence-electron chi connectivity index (χ4n) is 1.60. The minimum atomic E-state index is 0.786. The molecule has 0 amide bonds. The molecule has 2 aromatic carbocycles. The number of rotatable bonds is 0. The van der Waals surface area contributed by atoms with Crippen LogP contribution in [0.4, 0.5) is 11.4 Å². The second-order valence-electron chi connectivity index (χ2n) is 3.40. The Hall–Kier alpha value is -1.61. The Morgan fingerprint density at radius 3 is 1.53 bits per heavy atom. The summed E-state index contributed by atoms with van der Waals surface area (Å²) in [6, 6.07) is 15.7. The highest BCUT2D eigenvalue weighted by atomic mass is 32.2. The third-order valence-electron chi connectivity index (χ3n) is 2.40. The average Bonchev–Trinajstić information content (AvgIpc) is 2.31. The van der Waals surface area contributed by atoms with E-state index in [1.54, 1.807) is 11.8 Å². The maximum absolute atomic E-state index is 9.93. The standard InChI is InChI=1S/C12H8N2S/c13-14-9-1-5-11(6-2-9)15-12-7-3-10(14)4-8-12/h1-8H. The van der Waals surface area contributed by atoms with Crippen molar-refractivity contribution in [1.29, 1.82) is 0 Å². The predicted octanol–water partition coefficient (Wildman–Crippen LogP) is 4.01. The van der Waals surface area contributed by atoms with Crippen LogP contribution in [0.3, 0.4) is 0 Å². The first-order chi connectivity index (χ1) is 7.33. The minimum Gasteiger partial charge on any atom is -0.493 e. The molecule has 2 nitrogen and oxygen atoms in total. The van der Waals surface area contributed by atoms with E-state index >= 15 is 0 Å². The van der Waals surface area contributed by atoms with Gasteiger partial charge in [0.15, 0.2) is 11.4 Å². The van der Waals surface area contributed by atoms with E-state index in [-0.39, 0.29) is 0 Å². The molecule has 0 spiro atoms. The molecular weight excluding hydrogens is 204 g/mol. The van der Waals surface area contributed by atoms with Crippen molar-refractivity contribution in [1.82, 2.24) is 4.70 Å². The summed E-state index contributed by atoms with van der Waals surface area (Å²) in [6.45, 7) is 0. The molecule has 3 heteroatoms. The molecule has 2 aromatic rings. The zero-order valence-electron chi connectivity index (χ0n) is 7.92. The minimum absolute atomic E-state index is 0.786. The lowest BCUT2D eigenvalue weighted by Gasteiger charge is -2.10. The maximum atomic E-state index is 9.93. The molecule has 0 saturated carbocycles. The summed E-state index contributed by atoms with van der Waals surface area (Å²) in [7, 11) is 0. The van der Waals surface area contributed by atoms with Crippen LogP contribution in [0.15, 0.2) is 58.3 Å². The first kappa shape index (κ1) is 8.68. The number of nitrogens with zero attached hydrogens (tertiary/aromatic N) is 2. The van der Waals surface area contributed by atoms with Crippen molar-refractivity contribution in [2.24, 2.45) is 0 Å². The van der Waals surface area contributed by atoms with Crippen LogP contribution in [0.1, 0.15) is 0 Å². The molecule has 6 rings (SSSR count).